The molecule has 0 aliphatic carbocycles. The molecule has 10 heteroatoms. The molecule has 3 N–H and O–H groups in total. The molecule has 206 valence electrons. The van der Waals surface area contributed by atoms with E-state index < -0.39 is 17.5 Å². The van der Waals surface area contributed by atoms with Crippen molar-refractivity contribution in [1.29, 1.82) is 0 Å². The van der Waals surface area contributed by atoms with Crippen molar-refractivity contribution >= 4 is 23.6 Å². The molecule has 0 saturated carbocycles. The van der Waals surface area contributed by atoms with Gasteiger partial charge in [-0.2, -0.15) is 5.10 Å². The highest BCUT2D eigenvalue weighted by molar-refractivity contribution is 5.94. The summed E-state index contributed by atoms with van der Waals surface area (Å²) in [6.07, 6.45) is 1.53. The molecule has 0 bridgehead atoms. The van der Waals surface area contributed by atoms with Crippen molar-refractivity contribution in [3.05, 3.63) is 76.2 Å². The summed E-state index contributed by atoms with van der Waals surface area (Å²) in [5.74, 6) is -0.384. The van der Waals surface area contributed by atoms with Gasteiger partial charge in [-0.25, -0.2) is 9.78 Å². The lowest BCUT2D eigenvalue weighted by molar-refractivity contribution is 0.00688. The second kappa shape index (κ2) is 10.9. The van der Waals surface area contributed by atoms with E-state index in [1.165, 1.54) is 6.20 Å². The van der Waals surface area contributed by atoms with Crippen LogP contribution in [0.1, 0.15) is 102 Å². The van der Waals surface area contributed by atoms with E-state index in [4.69, 9.17) is 15.6 Å². The number of fused-ring (bicyclic) bond motifs is 1. The first kappa shape index (κ1) is 27.8. The number of nitrogens with two attached hydrogens (primary N) is 1. The maximum atomic E-state index is 13.3. The largest absolute Gasteiger partial charge is 0.456 e. The fourth-order valence-electron chi connectivity index (χ4n) is 4.67. The molecule has 39 heavy (non-hydrogen) atoms. The molecule has 0 spiro atoms. The predicted molar refractivity (Wildman–Crippen MR) is 148 cm³/mol. The Morgan fingerprint density at radius 3 is 2.33 bits per heavy atom. The number of anilines is 1. The van der Waals surface area contributed by atoms with Crippen molar-refractivity contribution in [3.63, 3.8) is 0 Å². The minimum atomic E-state index is -0.588. The van der Waals surface area contributed by atoms with E-state index in [9.17, 15) is 14.4 Å². The number of ether oxygens (including phenoxy) is 1. The molecule has 3 aromatic rings. The summed E-state index contributed by atoms with van der Waals surface area (Å²) in [7, 11) is 0. The number of esters is 1. The summed E-state index contributed by atoms with van der Waals surface area (Å²) in [6, 6.07) is 10.4. The van der Waals surface area contributed by atoms with Gasteiger partial charge in [0.15, 0.2) is 5.69 Å². The zero-order chi connectivity index (χ0) is 28.5. The summed E-state index contributed by atoms with van der Waals surface area (Å²) in [4.78, 5) is 43.7. The highest BCUT2D eigenvalue weighted by atomic mass is 16.6. The summed E-state index contributed by atoms with van der Waals surface area (Å²) in [5, 5.41) is 7.68. The fraction of sp³-hybridized carbons (Fsp3) is 0.414. The van der Waals surface area contributed by atoms with Crippen molar-refractivity contribution in [2.24, 2.45) is 5.73 Å². The van der Waals surface area contributed by atoms with Crippen LogP contribution in [-0.2, 0) is 17.8 Å². The van der Waals surface area contributed by atoms with E-state index in [2.05, 4.69) is 22.1 Å². The highest BCUT2D eigenvalue weighted by Crippen LogP contribution is 2.34. The number of rotatable bonds is 7. The van der Waals surface area contributed by atoms with Crippen molar-refractivity contribution in [3.8, 4) is 0 Å². The number of primary amides is 1. The first-order valence-corrected chi connectivity index (χ1v) is 13.1. The number of carbonyl (C=O) groups is 3. The number of nitrogens with one attached hydrogen (secondary N) is 1. The monoisotopic (exact) mass is 532 g/mol. The van der Waals surface area contributed by atoms with Gasteiger partial charge in [-0.3, -0.25) is 14.3 Å². The van der Waals surface area contributed by atoms with E-state index in [1.807, 2.05) is 39.3 Å². The summed E-state index contributed by atoms with van der Waals surface area (Å²) >= 11 is 0. The molecular formula is C29H36N6O4. The molecule has 1 aromatic carbocycles. The Balaban J connectivity index is 1.55. The molecular weight excluding hydrogens is 496 g/mol. The minimum absolute atomic E-state index is 0.0851. The van der Waals surface area contributed by atoms with Crippen molar-refractivity contribution in [2.75, 3.05) is 11.4 Å². The Morgan fingerprint density at radius 1 is 1.10 bits per heavy atom. The Labute approximate surface area is 228 Å². The van der Waals surface area contributed by atoms with Crippen LogP contribution in [0.4, 0.5) is 5.82 Å². The lowest BCUT2D eigenvalue weighted by Crippen LogP contribution is -2.35. The van der Waals surface area contributed by atoms with Crippen LogP contribution in [0, 0.1) is 0 Å². The van der Waals surface area contributed by atoms with Gasteiger partial charge in [0.1, 0.15) is 11.4 Å². The number of hydrogen-bond donors (Lipinski definition) is 2. The van der Waals surface area contributed by atoms with Crippen LogP contribution in [-0.4, -0.2) is 44.7 Å². The standard InChI is InChI=1S/C29H36N6O4/c1-17(2)35-25-18(3)15-34(23-12-11-21(14-31-23)28(38)39-29(4,5)6)16-22(25)24(33-35)27(37)32-13-19-7-9-20(10-8-19)26(30)36/h7-12,14,17-18H,13,15-16H2,1-6H3,(H2,30,36)(H,32,37)/t18-/m0/s1. The van der Waals surface area contributed by atoms with Crippen molar-refractivity contribution in [2.45, 2.75) is 72.2 Å². The van der Waals surface area contributed by atoms with Gasteiger partial charge in [-0.05, 0) is 64.4 Å². The van der Waals surface area contributed by atoms with Gasteiger partial charge >= 0.3 is 5.97 Å². The lowest BCUT2D eigenvalue weighted by atomic mass is 9.95. The molecule has 0 saturated heterocycles. The Bertz CT molecular complexity index is 1370. The topological polar surface area (TPSA) is 132 Å². The Hall–Kier alpha value is -4.21. The molecule has 1 atom stereocenters. The normalized spacial score (nSPS) is 15.2. The molecule has 4 rings (SSSR count). The maximum Gasteiger partial charge on any atom is 0.340 e. The van der Waals surface area contributed by atoms with Crippen LogP contribution < -0.4 is 16.0 Å². The molecule has 1 aliphatic rings. The van der Waals surface area contributed by atoms with Gasteiger partial charge < -0.3 is 20.7 Å². The molecule has 0 radical (unpaired) electrons. The molecule has 0 unspecified atom stereocenters. The van der Waals surface area contributed by atoms with Gasteiger partial charge in [-0.15, -0.1) is 0 Å². The van der Waals surface area contributed by atoms with Gasteiger partial charge in [0, 0.05) is 54.6 Å². The van der Waals surface area contributed by atoms with Crippen LogP contribution in [0.2, 0.25) is 0 Å². The first-order chi connectivity index (χ1) is 18.3. The van der Waals surface area contributed by atoms with Crippen LogP contribution in [0.15, 0.2) is 42.6 Å². The second-order valence-corrected chi connectivity index (χ2v) is 11.2. The predicted octanol–water partition coefficient (Wildman–Crippen LogP) is 3.97. The van der Waals surface area contributed by atoms with E-state index in [0.717, 1.165) is 16.8 Å². The van der Waals surface area contributed by atoms with Crippen LogP contribution in [0.3, 0.4) is 0 Å². The minimum Gasteiger partial charge on any atom is -0.456 e. The first-order valence-electron chi connectivity index (χ1n) is 13.1. The van der Waals surface area contributed by atoms with E-state index >= 15 is 0 Å². The maximum absolute atomic E-state index is 13.3. The molecule has 2 amide bonds. The number of pyridine rings is 1. The van der Waals surface area contributed by atoms with Gasteiger partial charge in [-0.1, -0.05) is 19.1 Å². The summed E-state index contributed by atoms with van der Waals surface area (Å²) < 4.78 is 7.38. The van der Waals surface area contributed by atoms with E-state index in [0.29, 0.717) is 35.7 Å². The lowest BCUT2D eigenvalue weighted by Gasteiger charge is -2.33. The van der Waals surface area contributed by atoms with Crippen molar-refractivity contribution in [1.82, 2.24) is 20.1 Å². The highest BCUT2D eigenvalue weighted by Gasteiger charge is 2.33. The van der Waals surface area contributed by atoms with Gasteiger partial charge in [0.25, 0.3) is 5.91 Å². The molecule has 1 aliphatic heterocycles. The van der Waals surface area contributed by atoms with Crippen molar-refractivity contribution < 1.29 is 19.1 Å². The second-order valence-electron chi connectivity index (χ2n) is 11.2. The van der Waals surface area contributed by atoms with Crippen LogP contribution in [0.25, 0.3) is 0 Å². The smallest absolute Gasteiger partial charge is 0.340 e. The zero-order valence-corrected chi connectivity index (χ0v) is 23.3. The molecule has 0 fully saturated rings. The SMILES string of the molecule is CC(C)n1nc(C(=O)NCc2ccc(C(N)=O)cc2)c2c1[C@@H](C)CN(c1ccc(C(=O)OC(C)(C)C)cn1)C2. The van der Waals surface area contributed by atoms with E-state index in [-0.39, 0.29) is 24.4 Å². The van der Waals surface area contributed by atoms with Crippen LogP contribution >= 0.6 is 0 Å². The number of amides is 2. The molecule has 10 nitrogen and oxygen atoms in total. The van der Waals surface area contributed by atoms with Crippen LogP contribution in [0.5, 0.6) is 0 Å². The Morgan fingerprint density at radius 2 is 1.77 bits per heavy atom. The fourth-order valence-corrected chi connectivity index (χ4v) is 4.67. The van der Waals surface area contributed by atoms with Gasteiger partial charge in [0.2, 0.25) is 5.91 Å². The number of aromatic nitrogens is 3. The third-order valence-electron chi connectivity index (χ3n) is 6.46. The summed E-state index contributed by atoms with van der Waals surface area (Å²) in [5.41, 5.74) is 8.66. The third-order valence-corrected chi connectivity index (χ3v) is 6.46. The summed E-state index contributed by atoms with van der Waals surface area (Å²) in [6.45, 7) is 13.1. The molecule has 3 heterocycles. The van der Waals surface area contributed by atoms with Gasteiger partial charge in [0.05, 0.1) is 5.56 Å². The number of hydrogen-bond acceptors (Lipinski definition) is 7. The Kier molecular flexibility index (Phi) is 7.76. The third kappa shape index (κ3) is 6.27. The average molecular weight is 533 g/mol. The average Bonchev–Trinajstić information content (AvgIpc) is 3.27. The number of carbonyl (C=O) groups excluding carboxylic acids is 3. The number of benzene rings is 1. The number of nitrogens with zero attached hydrogens (tertiary/aromatic N) is 4. The zero-order valence-electron chi connectivity index (χ0n) is 23.3. The van der Waals surface area contributed by atoms with E-state index in [1.54, 1.807) is 36.4 Å². The molecule has 2 aromatic heterocycles. The quantitative estimate of drug-likeness (QED) is 0.440.